The lowest BCUT2D eigenvalue weighted by Gasteiger charge is -2.24. The standard InChI is InChI=1S/C13H17NO4/c15-12-8-11(2-1-9(12)7-13(16)17)18-10-3-5-14-6-4-10/h1-2,8,10,14-15H,3-7H2,(H,16,17). The van der Waals surface area contributed by atoms with Gasteiger partial charge in [0.05, 0.1) is 6.42 Å². The number of rotatable bonds is 4. The van der Waals surface area contributed by atoms with Gasteiger partial charge in [0, 0.05) is 11.6 Å². The molecule has 1 heterocycles. The van der Waals surface area contributed by atoms with Crippen molar-refractivity contribution in [2.24, 2.45) is 0 Å². The monoisotopic (exact) mass is 251 g/mol. The minimum atomic E-state index is -0.961. The van der Waals surface area contributed by atoms with E-state index >= 15 is 0 Å². The fourth-order valence-corrected chi connectivity index (χ4v) is 2.04. The highest BCUT2D eigenvalue weighted by molar-refractivity contribution is 5.71. The van der Waals surface area contributed by atoms with Crippen LogP contribution in [0.2, 0.25) is 0 Å². The van der Waals surface area contributed by atoms with Crippen LogP contribution in [0.25, 0.3) is 0 Å². The molecule has 5 heteroatoms. The van der Waals surface area contributed by atoms with Crippen LogP contribution in [-0.2, 0) is 11.2 Å². The molecule has 1 saturated heterocycles. The Morgan fingerprint density at radius 2 is 2.11 bits per heavy atom. The Hall–Kier alpha value is -1.75. The summed E-state index contributed by atoms with van der Waals surface area (Å²) in [5, 5.41) is 21.6. The van der Waals surface area contributed by atoms with E-state index in [0.717, 1.165) is 25.9 Å². The number of aromatic hydroxyl groups is 1. The number of piperidine rings is 1. The SMILES string of the molecule is O=C(O)Cc1ccc(OC2CCNCC2)cc1O. The molecule has 1 aromatic carbocycles. The van der Waals surface area contributed by atoms with Gasteiger partial charge in [0.1, 0.15) is 17.6 Å². The summed E-state index contributed by atoms with van der Waals surface area (Å²) in [6.07, 6.45) is 1.87. The number of ether oxygens (including phenoxy) is 1. The average Bonchev–Trinajstić information content (AvgIpc) is 2.33. The van der Waals surface area contributed by atoms with E-state index in [9.17, 15) is 9.90 Å². The summed E-state index contributed by atoms with van der Waals surface area (Å²) in [5.41, 5.74) is 0.403. The van der Waals surface area contributed by atoms with Gasteiger partial charge in [-0.25, -0.2) is 0 Å². The molecule has 0 amide bonds. The maximum Gasteiger partial charge on any atom is 0.307 e. The molecule has 1 aliphatic rings. The van der Waals surface area contributed by atoms with Crippen molar-refractivity contribution in [2.75, 3.05) is 13.1 Å². The summed E-state index contributed by atoms with van der Waals surface area (Å²) in [5.74, 6) is -0.394. The molecule has 0 saturated carbocycles. The summed E-state index contributed by atoms with van der Waals surface area (Å²) in [4.78, 5) is 10.6. The predicted molar refractivity (Wildman–Crippen MR) is 66.0 cm³/mol. The van der Waals surface area contributed by atoms with Crippen molar-refractivity contribution in [3.63, 3.8) is 0 Å². The molecule has 0 bridgehead atoms. The van der Waals surface area contributed by atoms with E-state index in [1.807, 2.05) is 0 Å². The summed E-state index contributed by atoms with van der Waals surface area (Å²) in [6, 6.07) is 4.79. The van der Waals surface area contributed by atoms with Crippen molar-refractivity contribution >= 4 is 5.97 Å². The molecule has 0 aromatic heterocycles. The molecular weight excluding hydrogens is 234 g/mol. The normalized spacial score (nSPS) is 16.4. The lowest BCUT2D eigenvalue weighted by atomic mass is 10.1. The highest BCUT2D eigenvalue weighted by Crippen LogP contribution is 2.25. The Labute approximate surface area is 105 Å². The van der Waals surface area contributed by atoms with Gasteiger partial charge in [0.2, 0.25) is 0 Å². The number of benzene rings is 1. The van der Waals surface area contributed by atoms with Crippen molar-refractivity contribution < 1.29 is 19.7 Å². The third-order valence-corrected chi connectivity index (χ3v) is 2.99. The third kappa shape index (κ3) is 3.37. The van der Waals surface area contributed by atoms with Crippen LogP contribution in [0.5, 0.6) is 11.5 Å². The topological polar surface area (TPSA) is 78.8 Å². The largest absolute Gasteiger partial charge is 0.508 e. The fourth-order valence-electron chi connectivity index (χ4n) is 2.04. The lowest BCUT2D eigenvalue weighted by Crippen LogP contribution is -2.34. The summed E-state index contributed by atoms with van der Waals surface area (Å²) < 4.78 is 5.75. The quantitative estimate of drug-likeness (QED) is 0.748. The third-order valence-electron chi connectivity index (χ3n) is 2.99. The van der Waals surface area contributed by atoms with Gasteiger partial charge < -0.3 is 20.3 Å². The zero-order valence-electron chi connectivity index (χ0n) is 10.1. The number of phenols is 1. The number of carbonyl (C=O) groups is 1. The Balaban J connectivity index is 2.01. The van der Waals surface area contributed by atoms with Gasteiger partial charge in [-0.2, -0.15) is 0 Å². The van der Waals surface area contributed by atoms with Gasteiger partial charge in [-0.15, -0.1) is 0 Å². The Kier molecular flexibility index (Phi) is 4.04. The van der Waals surface area contributed by atoms with Gasteiger partial charge in [-0.05, 0) is 32.0 Å². The van der Waals surface area contributed by atoms with Gasteiger partial charge in [0.25, 0.3) is 0 Å². The summed E-state index contributed by atoms with van der Waals surface area (Å²) in [7, 11) is 0. The van der Waals surface area contributed by atoms with Crippen molar-refractivity contribution in [3.05, 3.63) is 23.8 Å². The van der Waals surface area contributed by atoms with E-state index < -0.39 is 5.97 Å². The minimum absolute atomic E-state index is 0.0242. The van der Waals surface area contributed by atoms with E-state index in [1.54, 1.807) is 12.1 Å². The van der Waals surface area contributed by atoms with Crippen molar-refractivity contribution in [2.45, 2.75) is 25.4 Å². The number of hydrogen-bond donors (Lipinski definition) is 3. The Morgan fingerprint density at radius 3 is 2.72 bits per heavy atom. The molecule has 98 valence electrons. The summed E-state index contributed by atoms with van der Waals surface area (Å²) >= 11 is 0. The molecule has 1 aromatic rings. The molecule has 0 radical (unpaired) electrons. The van der Waals surface area contributed by atoms with Gasteiger partial charge in [-0.3, -0.25) is 4.79 Å². The van der Waals surface area contributed by atoms with Crippen LogP contribution in [0.1, 0.15) is 18.4 Å². The van der Waals surface area contributed by atoms with Gasteiger partial charge >= 0.3 is 5.97 Å². The van der Waals surface area contributed by atoms with E-state index in [4.69, 9.17) is 9.84 Å². The molecule has 5 nitrogen and oxygen atoms in total. The van der Waals surface area contributed by atoms with E-state index in [2.05, 4.69) is 5.32 Å². The number of carboxylic acids is 1. The van der Waals surface area contributed by atoms with Crippen LogP contribution >= 0.6 is 0 Å². The minimum Gasteiger partial charge on any atom is -0.508 e. The number of phenolic OH excluding ortho intramolecular Hbond substituents is 1. The Morgan fingerprint density at radius 1 is 1.39 bits per heavy atom. The average molecular weight is 251 g/mol. The second-order valence-corrected chi connectivity index (χ2v) is 4.43. The molecule has 1 fully saturated rings. The van der Waals surface area contributed by atoms with Crippen molar-refractivity contribution in [3.8, 4) is 11.5 Å². The number of carboxylic acid groups (broad SMARTS) is 1. The zero-order chi connectivity index (χ0) is 13.0. The molecule has 0 atom stereocenters. The zero-order valence-corrected chi connectivity index (χ0v) is 10.1. The van der Waals surface area contributed by atoms with Crippen molar-refractivity contribution in [1.82, 2.24) is 5.32 Å². The smallest absolute Gasteiger partial charge is 0.307 e. The lowest BCUT2D eigenvalue weighted by molar-refractivity contribution is -0.136. The highest BCUT2D eigenvalue weighted by Gasteiger charge is 2.15. The highest BCUT2D eigenvalue weighted by atomic mass is 16.5. The molecule has 0 unspecified atom stereocenters. The van der Waals surface area contributed by atoms with E-state index in [-0.39, 0.29) is 18.3 Å². The fraction of sp³-hybridized carbons (Fsp3) is 0.462. The molecular formula is C13H17NO4. The predicted octanol–water partition coefficient (Wildman–Crippen LogP) is 1.15. The summed E-state index contributed by atoms with van der Waals surface area (Å²) in [6.45, 7) is 1.88. The molecule has 1 aliphatic heterocycles. The Bertz CT molecular complexity index is 427. The van der Waals surface area contributed by atoms with Gasteiger partial charge in [0.15, 0.2) is 0 Å². The molecule has 3 N–H and O–H groups in total. The second-order valence-electron chi connectivity index (χ2n) is 4.43. The van der Waals surface area contributed by atoms with Crippen LogP contribution in [0.3, 0.4) is 0 Å². The van der Waals surface area contributed by atoms with Crippen LogP contribution in [0, 0.1) is 0 Å². The molecule has 0 spiro atoms. The van der Waals surface area contributed by atoms with Crippen LogP contribution < -0.4 is 10.1 Å². The van der Waals surface area contributed by atoms with E-state index in [1.165, 1.54) is 6.07 Å². The first-order valence-corrected chi connectivity index (χ1v) is 6.06. The molecule has 2 rings (SSSR count). The maximum atomic E-state index is 10.6. The van der Waals surface area contributed by atoms with Crippen LogP contribution in [-0.4, -0.2) is 35.4 Å². The van der Waals surface area contributed by atoms with Crippen LogP contribution in [0.15, 0.2) is 18.2 Å². The van der Waals surface area contributed by atoms with Crippen LogP contribution in [0.4, 0.5) is 0 Å². The maximum absolute atomic E-state index is 10.6. The van der Waals surface area contributed by atoms with E-state index in [0.29, 0.717) is 11.3 Å². The first-order valence-electron chi connectivity index (χ1n) is 6.06. The number of hydrogen-bond acceptors (Lipinski definition) is 4. The first-order chi connectivity index (χ1) is 8.65. The molecule has 18 heavy (non-hydrogen) atoms. The number of aliphatic carboxylic acids is 1. The second kappa shape index (κ2) is 5.73. The molecule has 0 aliphatic carbocycles. The first kappa shape index (κ1) is 12.7. The van der Waals surface area contributed by atoms with Crippen molar-refractivity contribution in [1.29, 1.82) is 0 Å². The van der Waals surface area contributed by atoms with Gasteiger partial charge in [-0.1, -0.05) is 6.07 Å². The number of nitrogens with one attached hydrogen (secondary N) is 1.